The van der Waals surface area contributed by atoms with E-state index >= 15 is 0 Å². The van der Waals surface area contributed by atoms with E-state index in [1.54, 1.807) is 0 Å². The third-order valence-electron chi connectivity index (χ3n) is 5.42. The summed E-state index contributed by atoms with van der Waals surface area (Å²) in [6, 6.07) is 22.6. The molecule has 32 heavy (non-hydrogen) atoms. The first-order valence-corrected chi connectivity index (χ1v) is 10.6. The van der Waals surface area contributed by atoms with Crippen molar-refractivity contribution in [3.63, 3.8) is 0 Å². The van der Waals surface area contributed by atoms with Crippen LogP contribution in [0.5, 0.6) is 11.5 Å². The Morgan fingerprint density at radius 1 is 1.00 bits per heavy atom. The molecule has 0 aliphatic carbocycles. The molecule has 2 heterocycles. The third-order valence-corrected chi connectivity index (χ3v) is 5.64. The molecule has 3 aromatic carbocycles. The highest BCUT2D eigenvalue weighted by molar-refractivity contribution is 7.80. The number of carbonyl (C=O) groups excluding carboxylic acids is 1. The molecule has 3 N–H and O–H groups in total. The highest BCUT2D eigenvalue weighted by atomic mass is 32.1. The molecule has 2 aliphatic heterocycles. The van der Waals surface area contributed by atoms with Gasteiger partial charge in [-0.2, -0.15) is 0 Å². The standard InChI is InChI=1S/C25H21N3O3S/c1-15-7-10-18(11-8-15)26-24(29)21-22(16-5-3-2-4-6-16)27-25(32)28-23(21)17-9-12-19-20(13-17)31-14-30-19/h2-13,23H,14H2,1H3,(H,26,29)(H2,27,28,32)/t23-/m1/s1. The lowest BCUT2D eigenvalue weighted by atomic mass is 9.92. The second-order valence-electron chi connectivity index (χ2n) is 7.62. The van der Waals surface area contributed by atoms with Gasteiger partial charge in [-0.05, 0) is 54.5 Å². The molecule has 0 fully saturated rings. The van der Waals surface area contributed by atoms with E-state index in [0.717, 1.165) is 22.4 Å². The van der Waals surface area contributed by atoms with Crippen LogP contribution in [0.4, 0.5) is 5.69 Å². The Hall–Kier alpha value is -3.84. The summed E-state index contributed by atoms with van der Waals surface area (Å²) in [6.07, 6.45) is 0. The molecule has 2 aliphatic rings. The molecule has 0 saturated heterocycles. The van der Waals surface area contributed by atoms with E-state index in [-0.39, 0.29) is 12.7 Å². The van der Waals surface area contributed by atoms with Crippen molar-refractivity contribution in [2.24, 2.45) is 0 Å². The molecule has 0 radical (unpaired) electrons. The maximum Gasteiger partial charge on any atom is 0.256 e. The lowest BCUT2D eigenvalue weighted by Gasteiger charge is -2.32. The molecule has 160 valence electrons. The topological polar surface area (TPSA) is 71.6 Å². The van der Waals surface area contributed by atoms with E-state index in [2.05, 4.69) is 16.0 Å². The van der Waals surface area contributed by atoms with Gasteiger partial charge in [0.05, 0.1) is 17.3 Å². The number of aryl methyl sites for hydroxylation is 1. The van der Waals surface area contributed by atoms with Crippen molar-refractivity contribution in [2.45, 2.75) is 13.0 Å². The fourth-order valence-corrected chi connectivity index (χ4v) is 4.04. The van der Waals surface area contributed by atoms with Gasteiger partial charge in [0.2, 0.25) is 6.79 Å². The average molecular weight is 444 g/mol. The molecular formula is C25H21N3O3S. The van der Waals surface area contributed by atoms with Crippen molar-refractivity contribution < 1.29 is 14.3 Å². The van der Waals surface area contributed by atoms with Crippen LogP contribution in [0.1, 0.15) is 22.7 Å². The van der Waals surface area contributed by atoms with Crippen molar-refractivity contribution in [2.75, 3.05) is 12.1 Å². The van der Waals surface area contributed by atoms with Crippen LogP contribution in [-0.4, -0.2) is 17.8 Å². The number of nitrogens with one attached hydrogen (secondary N) is 3. The van der Waals surface area contributed by atoms with Gasteiger partial charge in [0, 0.05) is 5.69 Å². The maximum absolute atomic E-state index is 13.6. The Bertz CT molecular complexity index is 1220. The van der Waals surface area contributed by atoms with Crippen molar-refractivity contribution >= 4 is 34.6 Å². The van der Waals surface area contributed by atoms with Gasteiger partial charge >= 0.3 is 0 Å². The van der Waals surface area contributed by atoms with E-state index in [1.165, 1.54) is 0 Å². The quantitative estimate of drug-likeness (QED) is 0.523. The van der Waals surface area contributed by atoms with E-state index in [1.807, 2.05) is 79.7 Å². The van der Waals surface area contributed by atoms with Crippen LogP contribution in [0.15, 0.2) is 78.4 Å². The number of rotatable bonds is 4. The predicted octanol–water partition coefficient (Wildman–Crippen LogP) is 4.29. The summed E-state index contributed by atoms with van der Waals surface area (Å²) in [5.74, 6) is 1.11. The summed E-state index contributed by atoms with van der Waals surface area (Å²) in [4.78, 5) is 13.6. The van der Waals surface area contributed by atoms with Crippen molar-refractivity contribution in [1.82, 2.24) is 10.6 Å². The van der Waals surface area contributed by atoms with Gasteiger partial charge in [-0.3, -0.25) is 4.79 Å². The summed E-state index contributed by atoms with van der Waals surface area (Å²) in [6.45, 7) is 2.19. The minimum absolute atomic E-state index is 0.183. The number of fused-ring (bicyclic) bond motifs is 1. The lowest BCUT2D eigenvalue weighted by Crippen LogP contribution is -2.45. The Morgan fingerprint density at radius 2 is 1.75 bits per heavy atom. The zero-order valence-electron chi connectivity index (χ0n) is 17.3. The Kier molecular flexibility index (Phi) is 5.25. The molecule has 7 heteroatoms. The predicted molar refractivity (Wildman–Crippen MR) is 127 cm³/mol. The minimum atomic E-state index is -0.473. The molecule has 0 bridgehead atoms. The van der Waals surface area contributed by atoms with E-state index in [0.29, 0.717) is 27.9 Å². The van der Waals surface area contributed by atoms with Crippen LogP contribution in [0.2, 0.25) is 0 Å². The maximum atomic E-state index is 13.6. The summed E-state index contributed by atoms with van der Waals surface area (Å²) >= 11 is 5.50. The molecule has 1 atom stereocenters. The summed E-state index contributed by atoms with van der Waals surface area (Å²) < 4.78 is 11.0. The number of amides is 1. The highest BCUT2D eigenvalue weighted by Crippen LogP contribution is 2.38. The second-order valence-corrected chi connectivity index (χ2v) is 8.03. The molecule has 1 amide bonds. The molecular weight excluding hydrogens is 422 g/mol. The molecule has 6 nitrogen and oxygen atoms in total. The Labute approximate surface area is 191 Å². The van der Waals surface area contributed by atoms with Gasteiger partial charge in [-0.15, -0.1) is 0 Å². The Balaban J connectivity index is 1.61. The third kappa shape index (κ3) is 3.90. The summed E-state index contributed by atoms with van der Waals surface area (Å²) in [5.41, 5.74) is 4.76. The van der Waals surface area contributed by atoms with Gasteiger partial charge in [-0.25, -0.2) is 0 Å². The second kappa shape index (κ2) is 8.36. The van der Waals surface area contributed by atoms with Gasteiger partial charge in [0.15, 0.2) is 16.6 Å². The van der Waals surface area contributed by atoms with Gasteiger partial charge in [0.1, 0.15) is 0 Å². The number of ether oxygens (including phenoxy) is 2. The largest absolute Gasteiger partial charge is 0.454 e. The zero-order chi connectivity index (χ0) is 22.1. The fourth-order valence-electron chi connectivity index (χ4n) is 3.82. The van der Waals surface area contributed by atoms with Gasteiger partial charge in [-0.1, -0.05) is 54.1 Å². The number of anilines is 1. The first-order chi connectivity index (χ1) is 15.6. The molecule has 5 rings (SSSR count). The van der Waals surface area contributed by atoms with Crippen LogP contribution in [0.25, 0.3) is 5.70 Å². The van der Waals surface area contributed by atoms with Crippen LogP contribution in [-0.2, 0) is 4.79 Å². The van der Waals surface area contributed by atoms with Crippen LogP contribution < -0.4 is 25.4 Å². The number of hydrogen-bond acceptors (Lipinski definition) is 4. The molecule has 3 aromatic rings. The SMILES string of the molecule is Cc1ccc(NC(=O)C2=C(c3ccccc3)NC(=S)N[C@@H]2c2ccc3c(c2)OCO3)cc1. The number of hydrogen-bond donors (Lipinski definition) is 3. The fraction of sp³-hybridized carbons (Fsp3) is 0.120. The van der Waals surface area contributed by atoms with E-state index in [4.69, 9.17) is 21.7 Å². The molecule has 0 aromatic heterocycles. The minimum Gasteiger partial charge on any atom is -0.454 e. The van der Waals surface area contributed by atoms with Crippen molar-refractivity contribution in [1.29, 1.82) is 0 Å². The molecule has 0 saturated carbocycles. The van der Waals surface area contributed by atoms with Crippen molar-refractivity contribution in [3.8, 4) is 11.5 Å². The van der Waals surface area contributed by atoms with Crippen molar-refractivity contribution in [3.05, 3.63) is 95.1 Å². The van der Waals surface area contributed by atoms with Gasteiger partial charge < -0.3 is 25.4 Å². The number of carbonyl (C=O) groups is 1. The first kappa shape index (κ1) is 20.1. The Morgan fingerprint density at radius 3 is 2.53 bits per heavy atom. The smallest absolute Gasteiger partial charge is 0.256 e. The van der Waals surface area contributed by atoms with Gasteiger partial charge in [0.25, 0.3) is 5.91 Å². The van der Waals surface area contributed by atoms with E-state index < -0.39 is 6.04 Å². The molecule has 0 spiro atoms. The summed E-state index contributed by atoms with van der Waals surface area (Å²) in [7, 11) is 0. The monoisotopic (exact) mass is 443 g/mol. The van der Waals surface area contributed by atoms with Crippen LogP contribution >= 0.6 is 12.2 Å². The highest BCUT2D eigenvalue weighted by Gasteiger charge is 2.33. The van der Waals surface area contributed by atoms with Crippen LogP contribution in [0, 0.1) is 6.92 Å². The average Bonchev–Trinajstić information content (AvgIpc) is 3.28. The molecule has 0 unspecified atom stereocenters. The van der Waals surface area contributed by atoms with Crippen LogP contribution in [0.3, 0.4) is 0 Å². The first-order valence-electron chi connectivity index (χ1n) is 10.2. The number of thiocarbonyl (C=S) groups is 1. The zero-order valence-corrected chi connectivity index (χ0v) is 18.2. The number of benzene rings is 3. The summed E-state index contributed by atoms with van der Waals surface area (Å²) in [5, 5.41) is 9.92. The normalized spacial score (nSPS) is 16.9. The van der Waals surface area contributed by atoms with E-state index in [9.17, 15) is 4.79 Å². The lowest BCUT2D eigenvalue weighted by molar-refractivity contribution is -0.113.